The summed E-state index contributed by atoms with van der Waals surface area (Å²) in [4.78, 5) is 66.0. The molecule has 88 heavy (non-hydrogen) atoms. The number of aliphatic hydroxyl groups is 2. The minimum absolute atomic E-state index is 0. The highest BCUT2D eigenvalue weighted by Crippen LogP contribution is 2.31. The van der Waals surface area contributed by atoms with Crippen LogP contribution in [0.15, 0.2) is 141 Å². The highest BCUT2D eigenvalue weighted by molar-refractivity contribution is 9.11. The molecule has 4 heterocycles. The van der Waals surface area contributed by atoms with Gasteiger partial charge in [0.2, 0.25) is 0 Å². The molecule has 0 aliphatic carbocycles. The number of ketones is 1. The van der Waals surface area contributed by atoms with Crippen molar-refractivity contribution in [3.63, 3.8) is 0 Å². The van der Waals surface area contributed by atoms with Crippen LogP contribution in [0.4, 0.5) is 0 Å². The number of carbonyl (C=O) groups excluding carboxylic acids is 2. The molecule has 4 aliphatic heterocycles. The number of azide groups is 1. The van der Waals surface area contributed by atoms with Gasteiger partial charge in [-0.15, -0.1) is 0 Å². The second kappa shape index (κ2) is 45.1. The maximum absolute atomic E-state index is 11.3. The van der Waals surface area contributed by atoms with Gasteiger partial charge >= 0.3 is 29.8 Å². The minimum atomic E-state index is -1.09. The van der Waals surface area contributed by atoms with E-state index in [4.69, 9.17) is 54.7 Å². The van der Waals surface area contributed by atoms with Gasteiger partial charge in [-0.3, -0.25) is 9.59 Å². The van der Waals surface area contributed by atoms with E-state index in [1.54, 1.807) is 30.3 Å². The van der Waals surface area contributed by atoms with Crippen molar-refractivity contribution in [2.24, 2.45) is 5.11 Å². The Bertz CT molecular complexity index is 3260. The van der Waals surface area contributed by atoms with Crippen LogP contribution < -0.4 is 0 Å². The summed E-state index contributed by atoms with van der Waals surface area (Å²) in [6.07, 6.45) is -0.457. The Kier molecular flexibility index (Phi) is 44.6. The van der Waals surface area contributed by atoms with E-state index in [9.17, 15) is 33.9 Å². The van der Waals surface area contributed by atoms with Crippen molar-refractivity contribution in [2.45, 2.75) is 96.3 Å². The number of alkyl halides is 1. The Morgan fingerprint density at radius 2 is 0.966 bits per heavy atom. The number of aliphatic hydroxyl groups excluding tert-OH is 2. The third-order valence-electron chi connectivity index (χ3n) is 11.1. The minimum Gasteiger partial charge on any atom is -0.481 e. The van der Waals surface area contributed by atoms with Crippen LogP contribution in [0.25, 0.3) is 10.4 Å². The Morgan fingerprint density at radius 3 is 1.47 bits per heavy atom. The summed E-state index contributed by atoms with van der Waals surface area (Å²) in [5.74, 6) is -4.15. The maximum atomic E-state index is 11.3. The molecule has 10 rings (SSSR count). The summed E-state index contributed by atoms with van der Waals surface area (Å²) < 4.78 is 30.8. The molecule has 2 atom stereocenters. The number of hydrogen-bond donors (Lipinski definition) is 6. The van der Waals surface area contributed by atoms with E-state index in [1.807, 2.05) is 66.7 Å². The highest BCUT2D eigenvalue weighted by Gasteiger charge is 2.22. The van der Waals surface area contributed by atoms with Crippen LogP contribution in [0, 0.1) is 0 Å². The Morgan fingerprint density at radius 1 is 0.545 bits per heavy atom. The van der Waals surface area contributed by atoms with Gasteiger partial charge in [-0.25, -0.2) is 19.2 Å². The fourth-order valence-corrected chi connectivity index (χ4v) is 9.83. The molecule has 0 radical (unpaired) electrons. The Hall–Kier alpha value is -5.23. The van der Waals surface area contributed by atoms with Crippen molar-refractivity contribution in [2.75, 3.05) is 31.8 Å². The number of esters is 1. The van der Waals surface area contributed by atoms with Gasteiger partial charge < -0.3 is 54.3 Å². The molecule has 0 saturated carbocycles. The van der Waals surface area contributed by atoms with Gasteiger partial charge in [-0.1, -0.05) is 173 Å². The first-order chi connectivity index (χ1) is 39.0. The normalized spacial score (nSPS) is 13.7. The molecular formula is C61H72Br7N3O17. The number of ether oxygens (including phenoxy) is 5. The lowest BCUT2D eigenvalue weighted by Gasteiger charge is -2.22. The van der Waals surface area contributed by atoms with Crippen molar-refractivity contribution in [3.8, 4) is 0 Å². The van der Waals surface area contributed by atoms with Gasteiger partial charge in [0, 0.05) is 42.9 Å². The number of carboxylic acids is 4. The lowest BCUT2D eigenvalue weighted by atomic mass is 10.00. The lowest BCUT2D eigenvalue weighted by molar-refractivity contribution is -0.142. The van der Waals surface area contributed by atoms with E-state index < -0.39 is 36.6 Å². The molecule has 6 aromatic rings. The molecule has 0 fully saturated rings. The van der Waals surface area contributed by atoms with Crippen LogP contribution >= 0.6 is 112 Å². The quantitative estimate of drug-likeness (QED) is 0.0257. The summed E-state index contributed by atoms with van der Waals surface area (Å²) in [7, 11) is 0. The van der Waals surface area contributed by atoms with Crippen LogP contribution in [0.5, 0.6) is 0 Å². The van der Waals surface area contributed by atoms with Crippen LogP contribution in [-0.2, 0) is 72.9 Å². The van der Waals surface area contributed by atoms with Crippen molar-refractivity contribution >= 4 is 147 Å². The molecule has 6 N–H and O–H groups in total. The number of fused-ring (bicyclic) bond motifs is 4. The molecule has 0 bridgehead atoms. The summed E-state index contributed by atoms with van der Waals surface area (Å²) in [5.41, 5.74) is 17.1. The average molecular weight is 1680 g/mol. The standard InChI is InChI=1S/C10H9BrO5.C9H8BrN3O.C9H9BrO2.C9H7BrO2.C8H7BrO3.C8H5BrO2.C2H3BrO2.6CH4/c11-7-1-2-8(10(14)15)6(3-7)4-16-5-9(12)13;10-7-1-2-8-6(3-7)4-14-5-9(8)12-13-11;2*10-7-1-2-8-6(3-7)4-12-5-9(8)11;9-6-1-2-7(8(11)12)5(3-6)4-10;9-6-1-2-7-5(3-6)4-11-8(7)10;3-1-2(4)5;;;;;;/h1-3H,4-5H2,(H,12,13)(H,14,15);1-3,9H,4-5H2;1-3,9,11H,4-5H2;1-3H,4-5H2;1-3,10H,4H2,(H,11,12);1-3H,4H2;1H2,(H,4,5);6*1H4. The zero-order valence-corrected chi connectivity index (χ0v) is 53.6. The highest BCUT2D eigenvalue weighted by atomic mass is 79.9. The number of aliphatic carboxylic acids is 2. The smallest absolute Gasteiger partial charge is 0.338 e. The van der Waals surface area contributed by atoms with Gasteiger partial charge in [0.25, 0.3) is 0 Å². The SMILES string of the molecule is C.C.C.C.C.C.O=C(O)CBr.O=C(O)COCc1cc(Br)ccc1C(=O)O.O=C(O)c1ccc(Br)cc1CO.O=C1COCc2cc(Br)ccc21.O=C1OCc2cc(Br)ccc21.OC1COCc2cc(Br)ccc21.[N-]=[N+]=NC1COCc2cc(Br)ccc21. The van der Waals surface area contributed by atoms with E-state index in [-0.39, 0.29) is 98.6 Å². The lowest BCUT2D eigenvalue weighted by Crippen LogP contribution is -2.17. The number of nitrogens with zero attached hydrogens (tertiary/aromatic N) is 3. The summed E-state index contributed by atoms with van der Waals surface area (Å²) in [6.45, 7) is 2.48. The molecule has 0 spiro atoms. The molecule has 2 unspecified atom stereocenters. The largest absolute Gasteiger partial charge is 0.481 e. The first-order valence-corrected chi connectivity index (χ1v) is 29.4. The van der Waals surface area contributed by atoms with Crippen LogP contribution in [0.2, 0.25) is 0 Å². The fraction of sp³-hybridized carbons (Fsp3) is 0.311. The van der Waals surface area contributed by atoms with E-state index in [0.717, 1.165) is 61.3 Å². The number of halogens is 7. The summed E-state index contributed by atoms with van der Waals surface area (Å²) >= 11 is 22.5. The molecule has 0 aromatic heterocycles. The first kappa shape index (κ1) is 87.0. The molecular weight excluding hydrogens is 1610 g/mol. The zero-order chi connectivity index (χ0) is 60.5. The van der Waals surface area contributed by atoms with Crippen molar-refractivity contribution < 1.29 is 83.1 Å². The monoisotopic (exact) mass is 1670 g/mol. The number of carboxylic acid groups (broad SMARTS) is 4. The van der Waals surface area contributed by atoms with Gasteiger partial charge in [0.15, 0.2) is 5.78 Å². The molecule has 0 saturated heterocycles. The van der Waals surface area contributed by atoms with E-state index in [2.05, 4.69) is 122 Å². The number of cyclic esters (lactones) is 1. The van der Waals surface area contributed by atoms with Gasteiger partial charge in [0.05, 0.1) is 69.0 Å². The fourth-order valence-electron chi connectivity index (χ4n) is 7.37. The molecule has 20 nitrogen and oxygen atoms in total. The predicted molar refractivity (Wildman–Crippen MR) is 363 cm³/mol. The van der Waals surface area contributed by atoms with E-state index in [1.165, 1.54) is 12.1 Å². The second-order valence-electron chi connectivity index (χ2n) is 16.8. The van der Waals surface area contributed by atoms with Crippen molar-refractivity contribution in [1.29, 1.82) is 0 Å². The van der Waals surface area contributed by atoms with E-state index in [0.29, 0.717) is 60.8 Å². The molecule has 27 heteroatoms. The van der Waals surface area contributed by atoms with Crippen molar-refractivity contribution in [3.05, 3.63) is 213 Å². The van der Waals surface area contributed by atoms with Crippen LogP contribution in [0.1, 0.15) is 143 Å². The average Bonchev–Trinajstić information content (AvgIpc) is 3.64. The Balaban J connectivity index is -0.000000960. The number of Topliss-reactive ketones (excluding diaryl/α,β-unsaturated/α-hetero) is 1. The van der Waals surface area contributed by atoms with Crippen molar-refractivity contribution in [1.82, 2.24) is 0 Å². The first-order valence-electron chi connectivity index (χ1n) is 23.6. The molecule has 0 amide bonds. The van der Waals surface area contributed by atoms with Crippen LogP contribution in [0.3, 0.4) is 0 Å². The van der Waals surface area contributed by atoms with Gasteiger partial charge in [0.1, 0.15) is 31.3 Å². The zero-order valence-electron chi connectivity index (χ0n) is 42.5. The summed E-state index contributed by atoms with van der Waals surface area (Å²) in [6, 6.07) is 32.0. The number of rotatable bonds is 9. The van der Waals surface area contributed by atoms with Gasteiger partial charge in [-0.05, 0) is 142 Å². The third kappa shape index (κ3) is 29.2. The predicted octanol–water partition coefficient (Wildman–Crippen LogP) is 17.3. The van der Waals surface area contributed by atoms with Crippen LogP contribution in [-0.4, -0.2) is 98.0 Å². The number of carbonyl (C=O) groups is 6. The third-order valence-corrected chi connectivity index (χ3v) is 14.5. The summed E-state index contributed by atoms with van der Waals surface area (Å²) in [5, 5.41) is 55.6. The van der Waals surface area contributed by atoms with E-state index >= 15 is 0 Å². The maximum Gasteiger partial charge on any atom is 0.338 e. The second-order valence-corrected chi connectivity index (χ2v) is 22.9. The number of benzene rings is 6. The molecule has 4 aliphatic rings. The molecule has 6 aromatic carbocycles. The molecule has 482 valence electrons. The number of hydrogen-bond acceptors (Lipinski definition) is 14. The Labute approximate surface area is 571 Å². The number of aromatic carboxylic acids is 2. The van der Waals surface area contributed by atoms with Gasteiger partial charge in [-0.2, -0.15) is 0 Å². The topological polar surface area (TPSA) is 319 Å².